The van der Waals surface area contributed by atoms with Crippen molar-refractivity contribution in [3.63, 3.8) is 0 Å². The van der Waals surface area contributed by atoms with Gasteiger partial charge in [-0.2, -0.15) is 5.10 Å². The van der Waals surface area contributed by atoms with Crippen LogP contribution in [0.2, 0.25) is 0 Å². The number of aryl methyl sites for hydroxylation is 2. The minimum atomic E-state index is -3.21. The van der Waals surface area contributed by atoms with Gasteiger partial charge in [-0.3, -0.25) is 9.89 Å². The van der Waals surface area contributed by atoms with Gasteiger partial charge in [0.15, 0.2) is 5.65 Å². The van der Waals surface area contributed by atoms with Gasteiger partial charge in [-0.1, -0.05) is 0 Å². The van der Waals surface area contributed by atoms with E-state index in [0.29, 0.717) is 34.8 Å². The molecule has 0 bridgehead atoms. The SMILES string of the molecule is COc1ncc(NC(=O)Cc2cc(F)c(-c3cnc4[nH]nc(C)c4c3)cc2C)cc1C(C)(F)F. The lowest BCUT2D eigenvalue weighted by atomic mass is 9.97. The Morgan fingerprint density at radius 1 is 1.15 bits per heavy atom. The molecule has 1 amide bonds. The molecule has 0 radical (unpaired) electrons. The van der Waals surface area contributed by atoms with E-state index in [4.69, 9.17) is 4.74 Å². The number of pyridine rings is 2. The maximum absolute atomic E-state index is 15.0. The van der Waals surface area contributed by atoms with E-state index in [1.165, 1.54) is 19.4 Å². The van der Waals surface area contributed by atoms with Gasteiger partial charge in [0.1, 0.15) is 5.82 Å². The number of methoxy groups -OCH3 is 1. The van der Waals surface area contributed by atoms with Crippen molar-refractivity contribution < 1.29 is 22.7 Å². The number of aromatic nitrogens is 4. The van der Waals surface area contributed by atoms with Gasteiger partial charge in [0.2, 0.25) is 11.8 Å². The number of carbonyl (C=O) groups excluding carboxylic acids is 1. The van der Waals surface area contributed by atoms with E-state index < -0.39 is 23.2 Å². The molecule has 10 heteroatoms. The normalized spacial score (nSPS) is 11.6. The van der Waals surface area contributed by atoms with Crippen LogP contribution in [-0.4, -0.2) is 33.2 Å². The fourth-order valence-electron chi connectivity index (χ4n) is 3.68. The van der Waals surface area contributed by atoms with E-state index >= 15 is 0 Å². The highest BCUT2D eigenvalue weighted by atomic mass is 19.3. The van der Waals surface area contributed by atoms with Crippen LogP contribution >= 0.6 is 0 Å². The summed E-state index contributed by atoms with van der Waals surface area (Å²) < 4.78 is 47.6. The van der Waals surface area contributed by atoms with Crippen molar-refractivity contribution >= 4 is 22.6 Å². The minimum absolute atomic E-state index is 0.0897. The standard InChI is InChI=1S/C24H22F3N5O2/c1-12-5-18(15-6-17-13(2)31-32-22(17)28-10-15)20(25)7-14(12)8-21(33)30-16-9-19(24(3,26)27)23(34-4)29-11-16/h5-7,9-11H,8H2,1-4H3,(H,30,33)(H,28,31,32). The Balaban J connectivity index is 1.56. The fourth-order valence-corrected chi connectivity index (χ4v) is 3.68. The van der Waals surface area contributed by atoms with Gasteiger partial charge in [-0.05, 0) is 49.2 Å². The molecule has 0 saturated heterocycles. The number of H-pyrrole nitrogens is 1. The van der Waals surface area contributed by atoms with E-state index in [1.807, 2.05) is 13.0 Å². The minimum Gasteiger partial charge on any atom is -0.481 e. The molecule has 2 N–H and O–H groups in total. The summed E-state index contributed by atoms with van der Waals surface area (Å²) in [7, 11) is 1.24. The van der Waals surface area contributed by atoms with Crippen molar-refractivity contribution in [1.82, 2.24) is 20.2 Å². The van der Waals surface area contributed by atoms with Gasteiger partial charge in [-0.25, -0.2) is 23.1 Å². The molecule has 1 aromatic carbocycles. The molecule has 0 spiro atoms. The van der Waals surface area contributed by atoms with E-state index in [-0.39, 0.29) is 18.0 Å². The molecule has 0 aliphatic heterocycles. The fraction of sp³-hybridized carbons (Fsp3) is 0.250. The number of hydrogen-bond acceptors (Lipinski definition) is 5. The Bertz CT molecular complexity index is 1400. The lowest BCUT2D eigenvalue weighted by Gasteiger charge is -2.16. The Kier molecular flexibility index (Phi) is 5.99. The summed E-state index contributed by atoms with van der Waals surface area (Å²) >= 11 is 0. The number of nitrogens with zero attached hydrogens (tertiary/aromatic N) is 3. The van der Waals surface area contributed by atoms with Crippen LogP contribution in [0.1, 0.15) is 29.3 Å². The molecular formula is C24H22F3N5O2. The first-order valence-electron chi connectivity index (χ1n) is 10.4. The molecule has 0 aliphatic rings. The second kappa shape index (κ2) is 8.77. The summed E-state index contributed by atoms with van der Waals surface area (Å²) in [5.41, 5.74) is 3.12. The first kappa shape index (κ1) is 23.2. The summed E-state index contributed by atoms with van der Waals surface area (Å²) in [5, 5.41) is 10.2. The smallest absolute Gasteiger partial charge is 0.275 e. The number of halogens is 3. The number of fused-ring (bicyclic) bond motifs is 1. The second-order valence-corrected chi connectivity index (χ2v) is 8.08. The maximum Gasteiger partial charge on any atom is 0.275 e. The van der Waals surface area contributed by atoms with E-state index in [0.717, 1.165) is 17.1 Å². The molecule has 176 valence electrons. The van der Waals surface area contributed by atoms with Crippen molar-refractivity contribution in [3.05, 3.63) is 64.9 Å². The zero-order valence-corrected chi connectivity index (χ0v) is 19.0. The second-order valence-electron chi connectivity index (χ2n) is 8.08. The summed E-state index contributed by atoms with van der Waals surface area (Å²) in [6.45, 7) is 4.31. The molecule has 0 fully saturated rings. The Labute approximate surface area is 193 Å². The van der Waals surface area contributed by atoms with Crippen molar-refractivity contribution in [3.8, 4) is 17.0 Å². The number of hydrogen-bond donors (Lipinski definition) is 2. The molecule has 3 aromatic heterocycles. The van der Waals surface area contributed by atoms with E-state index in [9.17, 15) is 18.0 Å². The van der Waals surface area contributed by atoms with Crippen molar-refractivity contribution in [2.75, 3.05) is 12.4 Å². The predicted octanol–water partition coefficient (Wildman–Crippen LogP) is 5.08. The van der Waals surface area contributed by atoms with Crippen LogP contribution in [0.15, 0.2) is 36.7 Å². The number of amides is 1. The Morgan fingerprint density at radius 2 is 1.91 bits per heavy atom. The number of nitrogens with one attached hydrogen (secondary N) is 2. The third kappa shape index (κ3) is 4.57. The highest BCUT2D eigenvalue weighted by molar-refractivity contribution is 5.92. The van der Waals surface area contributed by atoms with Gasteiger partial charge in [-0.15, -0.1) is 0 Å². The molecule has 7 nitrogen and oxygen atoms in total. The molecule has 0 unspecified atom stereocenters. The molecule has 34 heavy (non-hydrogen) atoms. The highest BCUT2D eigenvalue weighted by Gasteiger charge is 2.30. The van der Waals surface area contributed by atoms with E-state index in [2.05, 4.69) is 25.5 Å². The van der Waals surface area contributed by atoms with Gasteiger partial charge in [0, 0.05) is 29.6 Å². The third-order valence-corrected chi connectivity index (χ3v) is 5.50. The molecule has 0 saturated carbocycles. The zero-order chi connectivity index (χ0) is 24.6. The van der Waals surface area contributed by atoms with Crippen molar-refractivity contribution in [2.24, 2.45) is 0 Å². The summed E-state index contributed by atoms with van der Waals surface area (Å²) in [6, 6.07) is 5.87. The Morgan fingerprint density at radius 3 is 2.62 bits per heavy atom. The van der Waals surface area contributed by atoms with Crippen LogP contribution in [0, 0.1) is 19.7 Å². The number of rotatable bonds is 6. The summed E-state index contributed by atoms with van der Waals surface area (Å²) in [6.07, 6.45) is 2.64. The van der Waals surface area contributed by atoms with Crippen molar-refractivity contribution in [2.45, 2.75) is 33.1 Å². The van der Waals surface area contributed by atoms with Crippen LogP contribution in [0.5, 0.6) is 5.88 Å². The number of ether oxygens (including phenoxy) is 1. The molecule has 4 rings (SSSR count). The lowest BCUT2D eigenvalue weighted by Crippen LogP contribution is -2.17. The first-order chi connectivity index (χ1) is 16.1. The summed E-state index contributed by atoms with van der Waals surface area (Å²) in [4.78, 5) is 20.7. The average molecular weight is 469 g/mol. The Hall–Kier alpha value is -3.95. The topological polar surface area (TPSA) is 92.8 Å². The molecule has 4 aromatic rings. The quantitative estimate of drug-likeness (QED) is 0.411. The van der Waals surface area contributed by atoms with Crippen LogP contribution in [0.25, 0.3) is 22.2 Å². The number of carbonyl (C=O) groups is 1. The lowest BCUT2D eigenvalue weighted by molar-refractivity contribution is -0.115. The maximum atomic E-state index is 15.0. The third-order valence-electron chi connectivity index (χ3n) is 5.50. The van der Waals surface area contributed by atoms with Gasteiger partial charge < -0.3 is 10.1 Å². The highest BCUT2D eigenvalue weighted by Crippen LogP contribution is 2.35. The van der Waals surface area contributed by atoms with E-state index in [1.54, 1.807) is 19.2 Å². The number of benzene rings is 1. The average Bonchev–Trinajstić information content (AvgIpc) is 3.15. The van der Waals surface area contributed by atoms with Crippen LogP contribution in [-0.2, 0) is 17.1 Å². The van der Waals surface area contributed by atoms with Crippen molar-refractivity contribution in [1.29, 1.82) is 0 Å². The number of aromatic amines is 1. The van der Waals surface area contributed by atoms with Crippen LogP contribution in [0.4, 0.5) is 18.9 Å². The van der Waals surface area contributed by atoms with Gasteiger partial charge >= 0.3 is 0 Å². The zero-order valence-electron chi connectivity index (χ0n) is 19.0. The predicted molar refractivity (Wildman–Crippen MR) is 121 cm³/mol. The first-order valence-corrected chi connectivity index (χ1v) is 10.4. The molecule has 0 aliphatic carbocycles. The van der Waals surface area contributed by atoms with Crippen LogP contribution < -0.4 is 10.1 Å². The van der Waals surface area contributed by atoms with Crippen LogP contribution in [0.3, 0.4) is 0 Å². The number of anilines is 1. The van der Waals surface area contributed by atoms with Gasteiger partial charge in [0.25, 0.3) is 5.92 Å². The van der Waals surface area contributed by atoms with Gasteiger partial charge in [0.05, 0.1) is 36.7 Å². The summed E-state index contributed by atoms with van der Waals surface area (Å²) in [5.74, 6) is -4.43. The molecular weight excluding hydrogens is 447 g/mol. The largest absolute Gasteiger partial charge is 0.481 e. The molecule has 3 heterocycles. The number of alkyl halides is 2. The molecule has 0 atom stereocenters. The monoisotopic (exact) mass is 469 g/mol.